The molecule has 2 heterocycles. The van der Waals surface area contributed by atoms with Crippen LogP contribution in [0.15, 0.2) is 48.5 Å². The molecule has 1 atom stereocenters. The van der Waals surface area contributed by atoms with Gasteiger partial charge in [0.05, 0.1) is 25.8 Å². The van der Waals surface area contributed by atoms with Crippen LogP contribution in [0.2, 0.25) is 5.28 Å². The topological polar surface area (TPSA) is 59.5 Å². The molecule has 0 fully saturated rings. The first-order valence-corrected chi connectivity index (χ1v) is 11.8. The molecule has 2 aromatic heterocycles. The molecular weight excluding hydrogens is 456 g/mol. The Morgan fingerprint density at radius 2 is 1.76 bits per heavy atom. The first-order chi connectivity index (χ1) is 15.9. The maximum absolute atomic E-state index is 6.23. The van der Waals surface area contributed by atoms with Crippen LogP contribution >= 0.6 is 22.9 Å². The molecule has 8 heteroatoms. The smallest absolute Gasteiger partial charge is 0.224 e. The van der Waals surface area contributed by atoms with E-state index in [1.54, 1.807) is 25.6 Å². The number of nitrogens with zero attached hydrogens (tertiary/aromatic N) is 3. The van der Waals surface area contributed by atoms with Crippen LogP contribution < -0.4 is 14.8 Å². The molecule has 0 spiro atoms. The van der Waals surface area contributed by atoms with Crippen molar-refractivity contribution in [3.8, 4) is 21.9 Å². The number of fused-ring (bicyclic) bond motifs is 1. The van der Waals surface area contributed by atoms with Gasteiger partial charge in [-0.05, 0) is 61.9 Å². The number of thiophene rings is 1. The number of rotatable bonds is 8. The van der Waals surface area contributed by atoms with Crippen molar-refractivity contribution in [3.63, 3.8) is 0 Å². The second-order valence-corrected chi connectivity index (χ2v) is 9.48. The molecule has 0 saturated carbocycles. The Morgan fingerprint density at radius 1 is 1.03 bits per heavy atom. The molecule has 4 aromatic rings. The van der Waals surface area contributed by atoms with Crippen LogP contribution in [0.25, 0.3) is 21.3 Å². The lowest BCUT2D eigenvalue weighted by atomic mass is 10.1. The quantitative estimate of drug-likeness (QED) is 0.299. The first kappa shape index (κ1) is 23.3. The summed E-state index contributed by atoms with van der Waals surface area (Å²) in [5, 5.41) is 4.50. The van der Waals surface area contributed by atoms with Gasteiger partial charge in [-0.2, -0.15) is 0 Å². The van der Waals surface area contributed by atoms with Gasteiger partial charge in [-0.15, -0.1) is 11.3 Å². The van der Waals surface area contributed by atoms with Crippen molar-refractivity contribution >= 4 is 39.7 Å². The van der Waals surface area contributed by atoms with Crippen molar-refractivity contribution < 1.29 is 9.47 Å². The Bertz CT molecular complexity index is 1270. The molecule has 0 aliphatic heterocycles. The lowest BCUT2D eigenvalue weighted by Crippen LogP contribution is -2.11. The summed E-state index contributed by atoms with van der Waals surface area (Å²) >= 11 is 8.01. The summed E-state index contributed by atoms with van der Waals surface area (Å²) in [6.07, 6.45) is 0. The number of halogens is 1. The summed E-state index contributed by atoms with van der Waals surface area (Å²) in [6.45, 7) is 3.01. The average molecular weight is 483 g/mol. The van der Waals surface area contributed by atoms with Gasteiger partial charge < -0.3 is 19.7 Å². The number of hydrogen-bond acceptors (Lipinski definition) is 7. The third kappa shape index (κ3) is 5.05. The van der Waals surface area contributed by atoms with Crippen LogP contribution in [-0.2, 0) is 6.54 Å². The molecule has 0 bridgehead atoms. The lowest BCUT2D eigenvalue weighted by Gasteiger charge is -2.16. The van der Waals surface area contributed by atoms with E-state index in [1.165, 1.54) is 20.9 Å². The van der Waals surface area contributed by atoms with Crippen molar-refractivity contribution in [1.29, 1.82) is 0 Å². The Kier molecular flexibility index (Phi) is 7.02. The number of hydrogen-bond donors (Lipinski definition) is 1. The number of methoxy groups -OCH3 is 2. The van der Waals surface area contributed by atoms with Crippen LogP contribution in [-0.4, -0.2) is 43.2 Å². The highest BCUT2D eigenvalue weighted by Gasteiger charge is 2.17. The molecular formula is C25H27ClN4O2S. The van der Waals surface area contributed by atoms with Gasteiger partial charge in [0.25, 0.3) is 0 Å². The van der Waals surface area contributed by atoms with Gasteiger partial charge in [0.1, 0.15) is 5.82 Å². The van der Waals surface area contributed by atoms with E-state index in [0.29, 0.717) is 22.8 Å². The van der Waals surface area contributed by atoms with E-state index in [-0.39, 0.29) is 11.3 Å². The van der Waals surface area contributed by atoms with E-state index in [4.69, 9.17) is 21.1 Å². The fraction of sp³-hybridized carbons (Fsp3) is 0.280. The first-order valence-electron chi connectivity index (χ1n) is 10.6. The molecule has 0 saturated heterocycles. The van der Waals surface area contributed by atoms with Gasteiger partial charge in [-0.25, -0.2) is 9.97 Å². The molecule has 6 nitrogen and oxygen atoms in total. The zero-order valence-electron chi connectivity index (χ0n) is 19.3. The highest BCUT2D eigenvalue weighted by molar-refractivity contribution is 7.15. The molecule has 0 aliphatic rings. The highest BCUT2D eigenvalue weighted by Crippen LogP contribution is 2.38. The van der Waals surface area contributed by atoms with E-state index in [1.807, 2.05) is 12.1 Å². The molecule has 4 rings (SSSR count). The van der Waals surface area contributed by atoms with Crippen LogP contribution in [0.3, 0.4) is 0 Å². The summed E-state index contributed by atoms with van der Waals surface area (Å²) in [6, 6.07) is 16.6. The van der Waals surface area contributed by atoms with Crippen molar-refractivity contribution in [2.24, 2.45) is 0 Å². The van der Waals surface area contributed by atoms with Crippen LogP contribution in [0.4, 0.5) is 5.82 Å². The van der Waals surface area contributed by atoms with Crippen LogP contribution in [0, 0.1) is 0 Å². The van der Waals surface area contributed by atoms with E-state index < -0.39 is 0 Å². The Balaban J connectivity index is 1.65. The number of ether oxygens (including phenoxy) is 2. The van der Waals surface area contributed by atoms with Crippen molar-refractivity contribution in [2.45, 2.75) is 19.5 Å². The standard InChI is InChI=1S/C25H27ClN4O2S/c1-15(22-10-11-23(33-22)17-9-7-6-8-16(17)14-30(2)3)27-24-18-12-20(31-4)21(32-5)13-19(18)28-25(26)29-24/h6-13,15H,14H2,1-5H3,(H,27,28,29). The Labute approximate surface area is 203 Å². The molecule has 0 radical (unpaired) electrons. The van der Waals surface area contributed by atoms with E-state index in [2.05, 4.69) is 77.6 Å². The number of aromatic nitrogens is 2. The van der Waals surface area contributed by atoms with Crippen molar-refractivity contribution in [3.05, 3.63) is 64.3 Å². The van der Waals surface area contributed by atoms with Gasteiger partial charge in [-0.1, -0.05) is 24.3 Å². The second-order valence-electron chi connectivity index (χ2n) is 8.03. The maximum Gasteiger partial charge on any atom is 0.224 e. The molecule has 0 aliphatic carbocycles. The predicted octanol–water partition coefficient (Wildman–Crippen LogP) is 6.26. The normalized spacial score (nSPS) is 12.2. The van der Waals surface area contributed by atoms with Crippen molar-refractivity contribution in [2.75, 3.05) is 33.6 Å². The van der Waals surface area contributed by atoms with E-state index >= 15 is 0 Å². The average Bonchev–Trinajstić information content (AvgIpc) is 3.28. The van der Waals surface area contributed by atoms with Gasteiger partial charge >= 0.3 is 0 Å². The summed E-state index contributed by atoms with van der Waals surface area (Å²) in [5.74, 6) is 1.86. The maximum atomic E-state index is 6.23. The number of nitrogens with one attached hydrogen (secondary N) is 1. The molecule has 1 N–H and O–H groups in total. The molecule has 33 heavy (non-hydrogen) atoms. The minimum Gasteiger partial charge on any atom is -0.493 e. The highest BCUT2D eigenvalue weighted by atomic mass is 35.5. The van der Waals surface area contributed by atoms with E-state index in [0.717, 1.165) is 11.9 Å². The van der Waals surface area contributed by atoms with Gasteiger partial charge in [0.15, 0.2) is 11.5 Å². The summed E-state index contributed by atoms with van der Waals surface area (Å²) in [7, 11) is 7.38. The lowest BCUT2D eigenvalue weighted by molar-refractivity contribution is 0.356. The van der Waals surface area contributed by atoms with Crippen molar-refractivity contribution in [1.82, 2.24) is 14.9 Å². The monoisotopic (exact) mass is 482 g/mol. The Morgan fingerprint density at radius 3 is 2.48 bits per heavy atom. The predicted molar refractivity (Wildman–Crippen MR) is 137 cm³/mol. The summed E-state index contributed by atoms with van der Waals surface area (Å²) in [4.78, 5) is 13.4. The van der Waals surface area contributed by atoms with E-state index in [9.17, 15) is 0 Å². The minimum atomic E-state index is 0.0204. The molecule has 2 aromatic carbocycles. The SMILES string of the molecule is COc1cc2nc(Cl)nc(NC(C)c3ccc(-c4ccccc4CN(C)C)s3)c2cc1OC. The van der Waals surface area contributed by atoms with Gasteiger partial charge in [-0.3, -0.25) is 0 Å². The minimum absolute atomic E-state index is 0.0204. The zero-order chi connectivity index (χ0) is 23.5. The number of anilines is 1. The largest absolute Gasteiger partial charge is 0.493 e. The van der Waals surface area contributed by atoms with Gasteiger partial charge in [0.2, 0.25) is 5.28 Å². The molecule has 0 amide bonds. The summed E-state index contributed by atoms with van der Waals surface area (Å²) < 4.78 is 10.9. The Hall–Kier alpha value is -2.87. The fourth-order valence-electron chi connectivity index (χ4n) is 3.78. The molecule has 172 valence electrons. The van der Waals surface area contributed by atoms with Gasteiger partial charge in [0, 0.05) is 27.8 Å². The fourth-order valence-corrected chi connectivity index (χ4v) is 5.03. The zero-order valence-corrected chi connectivity index (χ0v) is 20.9. The summed E-state index contributed by atoms with van der Waals surface area (Å²) in [5.41, 5.74) is 3.26. The third-order valence-electron chi connectivity index (χ3n) is 5.35. The second kappa shape index (κ2) is 9.95. The van der Waals surface area contributed by atoms with Crippen LogP contribution in [0.5, 0.6) is 11.5 Å². The molecule has 1 unspecified atom stereocenters. The number of benzene rings is 2. The van der Waals surface area contributed by atoms with Crippen LogP contribution in [0.1, 0.15) is 23.4 Å². The third-order valence-corrected chi connectivity index (χ3v) is 6.82.